The zero-order valence-electron chi connectivity index (χ0n) is 23.6. The van der Waals surface area contributed by atoms with Crippen molar-refractivity contribution in [1.29, 1.82) is 0 Å². The van der Waals surface area contributed by atoms with E-state index in [0.717, 1.165) is 25.5 Å². The van der Waals surface area contributed by atoms with Crippen LogP contribution in [0.4, 0.5) is 39.5 Å². The van der Waals surface area contributed by atoms with Crippen molar-refractivity contribution in [3.05, 3.63) is 47.5 Å². The van der Waals surface area contributed by atoms with Crippen LogP contribution < -0.4 is 10.6 Å². The average molecular weight is 631 g/mol. The number of rotatable bonds is 9. The number of alkyl halides is 9. The molecule has 0 bridgehead atoms. The third kappa shape index (κ3) is 11.8. The third-order valence-electron chi connectivity index (χ3n) is 5.89. The van der Waals surface area contributed by atoms with Crippen molar-refractivity contribution >= 4 is 22.8 Å². The minimum absolute atomic E-state index is 0.0252. The van der Waals surface area contributed by atoms with Gasteiger partial charge in [-0.25, -0.2) is 4.98 Å². The molecule has 2 heterocycles. The van der Waals surface area contributed by atoms with Crippen LogP contribution in [0.5, 0.6) is 0 Å². The summed E-state index contributed by atoms with van der Waals surface area (Å²) in [6.45, 7) is 4.54. The van der Waals surface area contributed by atoms with E-state index in [9.17, 15) is 49.1 Å². The number of amides is 2. The van der Waals surface area contributed by atoms with E-state index < -0.39 is 67.6 Å². The van der Waals surface area contributed by atoms with E-state index in [-0.39, 0.29) is 12.2 Å². The van der Waals surface area contributed by atoms with Crippen molar-refractivity contribution in [1.82, 2.24) is 30.4 Å². The molecule has 0 saturated heterocycles. The lowest BCUT2D eigenvalue weighted by Crippen LogP contribution is -2.28. The Morgan fingerprint density at radius 1 is 0.953 bits per heavy atom. The van der Waals surface area contributed by atoms with Crippen LogP contribution >= 0.6 is 0 Å². The number of fused-ring (bicyclic) bond motifs is 1. The molecule has 8 nitrogen and oxygen atoms in total. The molecule has 1 unspecified atom stereocenters. The fourth-order valence-corrected chi connectivity index (χ4v) is 3.28. The second kappa shape index (κ2) is 13.7. The highest BCUT2D eigenvalue weighted by Gasteiger charge is 2.43. The molecule has 17 heteroatoms. The third-order valence-corrected chi connectivity index (χ3v) is 5.89. The molecule has 3 N–H and O–H groups in total. The average Bonchev–Trinajstić information content (AvgIpc) is 3.49. The molecular weight excluding hydrogens is 599 g/mol. The van der Waals surface area contributed by atoms with Gasteiger partial charge in [-0.3, -0.25) is 14.3 Å². The lowest BCUT2D eigenvalue weighted by atomic mass is 9.96. The molecule has 0 aliphatic carbocycles. The van der Waals surface area contributed by atoms with E-state index >= 15 is 0 Å². The van der Waals surface area contributed by atoms with Crippen LogP contribution in [0.3, 0.4) is 0 Å². The van der Waals surface area contributed by atoms with Gasteiger partial charge in [0, 0.05) is 12.6 Å². The van der Waals surface area contributed by atoms with Crippen LogP contribution in [0.1, 0.15) is 74.9 Å². The van der Waals surface area contributed by atoms with E-state index in [1.165, 1.54) is 12.3 Å². The Morgan fingerprint density at radius 3 is 2.12 bits per heavy atom. The zero-order chi connectivity index (χ0) is 32.8. The molecule has 0 radical (unpaired) electrons. The second-order valence-corrected chi connectivity index (χ2v) is 10.6. The number of nitrogens with zero attached hydrogens (tertiary/aromatic N) is 3. The number of H-pyrrole nitrogens is 1. The Morgan fingerprint density at radius 2 is 1.56 bits per heavy atom. The van der Waals surface area contributed by atoms with Crippen molar-refractivity contribution in [2.45, 2.75) is 84.6 Å². The summed E-state index contributed by atoms with van der Waals surface area (Å²) in [5, 5.41) is 8.82. The largest absolute Gasteiger partial charge is 0.393 e. The number of hydrogen-bond donors (Lipinski definition) is 3. The van der Waals surface area contributed by atoms with Crippen LogP contribution in [0, 0.1) is 5.41 Å². The van der Waals surface area contributed by atoms with E-state index in [1.54, 1.807) is 25.1 Å². The van der Waals surface area contributed by atoms with Gasteiger partial charge >= 0.3 is 18.5 Å². The number of carbonyl (C=O) groups is 2. The van der Waals surface area contributed by atoms with Gasteiger partial charge < -0.3 is 15.6 Å². The number of nitrogens with one attached hydrogen (secondary N) is 3. The van der Waals surface area contributed by atoms with Gasteiger partial charge in [-0.15, -0.1) is 0 Å². The Kier molecular flexibility index (Phi) is 11.3. The molecule has 0 spiro atoms. The summed E-state index contributed by atoms with van der Waals surface area (Å²) in [6, 6.07) is 5.75. The van der Waals surface area contributed by atoms with Gasteiger partial charge in [0.05, 0.1) is 48.4 Å². The summed E-state index contributed by atoms with van der Waals surface area (Å²) in [5.41, 5.74) is 0.156. The maximum Gasteiger partial charge on any atom is 0.393 e. The van der Waals surface area contributed by atoms with Gasteiger partial charge in [0.25, 0.3) is 5.91 Å². The lowest BCUT2D eigenvalue weighted by Gasteiger charge is -2.21. The highest BCUT2D eigenvalue weighted by Crippen LogP contribution is 2.36. The summed E-state index contributed by atoms with van der Waals surface area (Å²) >= 11 is 0. The van der Waals surface area contributed by atoms with Crippen LogP contribution in [-0.2, 0) is 17.9 Å². The maximum absolute atomic E-state index is 12.5. The van der Waals surface area contributed by atoms with Gasteiger partial charge in [0.15, 0.2) is 0 Å². The molecule has 0 aliphatic rings. The number of aromatic amines is 1. The Bertz CT molecular complexity index is 1360. The van der Waals surface area contributed by atoms with Crippen LogP contribution in [0.2, 0.25) is 0 Å². The molecule has 2 amide bonds. The number of imidazole rings is 1. The molecule has 0 fully saturated rings. The Hall–Kier alpha value is -3.79. The summed E-state index contributed by atoms with van der Waals surface area (Å²) < 4.78 is 110. The standard InChI is InChI=1S/C21H22F6N6O2.C5H9F3/c1-12(30-18(34)4-6-20(22,23)24)13-2-3-14-15(10-13)32-17(31-14)11-28-19(35)16-5-8-29-33(16)9-7-21(25,26)27;1-4(2,3)5(6,7)8/h2-3,5,8,10,12H,4,6-7,9,11H2,1H3,(H,28,35)(H,30,34)(H,31,32);1-3H3. The molecule has 1 aromatic carbocycles. The predicted octanol–water partition coefficient (Wildman–Crippen LogP) is 6.76. The SMILES string of the molecule is CC(C)(C)C(F)(F)F.CC(NC(=O)CCC(F)(F)F)c1ccc2nc(CNC(=O)c3ccnn3CCC(F)(F)F)[nH]c2c1. The van der Waals surface area contributed by atoms with Crippen molar-refractivity contribution in [3.8, 4) is 0 Å². The van der Waals surface area contributed by atoms with Crippen LogP contribution in [0.15, 0.2) is 30.5 Å². The maximum atomic E-state index is 12.5. The van der Waals surface area contributed by atoms with Gasteiger partial charge in [0.2, 0.25) is 5.91 Å². The van der Waals surface area contributed by atoms with E-state index in [2.05, 4.69) is 25.7 Å². The number of aryl methyl sites for hydroxylation is 1. The number of aromatic nitrogens is 4. The number of carbonyl (C=O) groups excluding carboxylic acids is 2. The predicted molar refractivity (Wildman–Crippen MR) is 138 cm³/mol. The van der Waals surface area contributed by atoms with E-state index in [0.29, 0.717) is 22.4 Å². The normalized spacial score (nSPS) is 13.3. The van der Waals surface area contributed by atoms with Crippen molar-refractivity contribution < 1.29 is 49.1 Å². The second-order valence-electron chi connectivity index (χ2n) is 10.6. The molecule has 0 aliphatic heterocycles. The topological polar surface area (TPSA) is 105 Å². The highest BCUT2D eigenvalue weighted by atomic mass is 19.4. The lowest BCUT2D eigenvalue weighted by molar-refractivity contribution is -0.204. The fourth-order valence-electron chi connectivity index (χ4n) is 3.28. The smallest absolute Gasteiger partial charge is 0.350 e. The minimum atomic E-state index is -4.41. The quantitative estimate of drug-likeness (QED) is 0.228. The van der Waals surface area contributed by atoms with E-state index in [1.807, 2.05) is 0 Å². The Labute approximate surface area is 240 Å². The number of hydrogen-bond acceptors (Lipinski definition) is 4. The summed E-state index contributed by atoms with van der Waals surface area (Å²) in [7, 11) is 0. The first-order valence-electron chi connectivity index (χ1n) is 12.8. The van der Waals surface area contributed by atoms with Gasteiger partial charge in [-0.05, 0) is 30.7 Å². The van der Waals surface area contributed by atoms with Gasteiger partial charge in [0.1, 0.15) is 11.5 Å². The number of halogens is 9. The first kappa shape index (κ1) is 35.4. The molecule has 1 atom stereocenters. The van der Waals surface area contributed by atoms with Gasteiger partial charge in [-0.1, -0.05) is 26.8 Å². The molecule has 3 aromatic rings. The first-order valence-corrected chi connectivity index (χ1v) is 12.8. The summed E-state index contributed by atoms with van der Waals surface area (Å²) in [4.78, 5) is 31.5. The monoisotopic (exact) mass is 630 g/mol. The van der Waals surface area contributed by atoms with Gasteiger partial charge in [-0.2, -0.15) is 44.6 Å². The van der Waals surface area contributed by atoms with Crippen LogP contribution in [-0.4, -0.2) is 50.1 Å². The molecular formula is C26H31F9N6O2. The molecule has 240 valence electrons. The summed E-state index contributed by atoms with van der Waals surface area (Å²) in [6.07, 6.45) is -14.6. The minimum Gasteiger partial charge on any atom is -0.350 e. The van der Waals surface area contributed by atoms with Crippen LogP contribution in [0.25, 0.3) is 11.0 Å². The van der Waals surface area contributed by atoms with Crippen molar-refractivity contribution in [2.24, 2.45) is 5.41 Å². The highest BCUT2D eigenvalue weighted by molar-refractivity contribution is 5.92. The fraction of sp³-hybridized carbons (Fsp3) is 0.538. The number of benzene rings is 1. The molecule has 3 rings (SSSR count). The molecule has 0 saturated carbocycles. The van der Waals surface area contributed by atoms with Crippen molar-refractivity contribution in [2.75, 3.05) is 0 Å². The first-order chi connectivity index (χ1) is 19.6. The molecule has 43 heavy (non-hydrogen) atoms. The molecule has 2 aromatic heterocycles. The summed E-state index contributed by atoms with van der Waals surface area (Å²) in [5.74, 6) is -0.979. The van der Waals surface area contributed by atoms with Crippen molar-refractivity contribution in [3.63, 3.8) is 0 Å². The zero-order valence-corrected chi connectivity index (χ0v) is 23.6. The Balaban J connectivity index is 0.000000708. The van der Waals surface area contributed by atoms with E-state index in [4.69, 9.17) is 0 Å².